The Morgan fingerprint density at radius 1 is 1.10 bits per heavy atom. The Morgan fingerprint density at radius 3 is 2.52 bits per heavy atom. The Kier molecular flexibility index (Phi) is 2.92. The molecule has 3 heteroatoms. The molecule has 4 rings (SSSR count). The van der Waals surface area contributed by atoms with Gasteiger partial charge >= 0.3 is 0 Å². The van der Waals surface area contributed by atoms with Gasteiger partial charge in [0.1, 0.15) is 11.1 Å². The number of hydrogen-bond donors (Lipinski definition) is 0. The lowest BCUT2D eigenvalue weighted by Gasteiger charge is -2.40. The largest absolute Gasteiger partial charge is 0.181 e. The van der Waals surface area contributed by atoms with Gasteiger partial charge in [0, 0.05) is 5.41 Å². The van der Waals surface area contributed by atoms with Crippen LogP contribution in [0, 0.1) is 17.3 Å². The monoisotopic (exact) mass is 392 g/mol. The van der Waals surface area contributed by atoms with Crippen molar-refractivity contribution >= 4 is 22.6 Å². The van der Waals surface area contributed by atoms with Gasteiger partial charge in [-0.2, -0.15) is 10.2 Å². The number of fused-ring (bicyclic) bond motifs is 5. The molecule has 110 valence electrons. The predicted molar refractivity (Wildman–Crippen MR) is 93.5 cm³/mol. The smallest absolute Gasteiger partial charge is 0.117 e. The second-order valence-corrected chi connectivity index (χ2v) is 7.94. The van der Waals surface area contributed by atoms with Crippen molar-refractivity contribution in [1.29, 1.82) is 0 Å². The van der Waals surface area contributed by atoms with Crippen molar-refractivity contribution in [2.24, 2.45) is 27.5 Å². The molecule has 1 aromatic rings. The number of halogens is 1. The summed E-state index contributed by atoms with van der Waals surface area (Å²) in [6, 6.07) is 10.9. The summed E-state index contributed by atoms with van der Waals surface area (Å²) >= 11 is 2.34. The van der Waals surface area contributed by atoms with Crippen LogP contribution in [0.3, 0.4) is 0 Å². The van der Waals surface area contributed by atoms with Crippen molar-refractivity contribution in [3.63, 3.8) is 0 Å². The molecule has 0 spiro atoms. The minimum atomic E-state index is -0.133. The van der Waals surface area contributed by atoms with Gasteiger partial charge in [-0.1, -0.05) is 73.2 Å². The summed E-state index contributed by atoms with van der Waals surface area (Å²) in [7, 11) is 0. The first-order valence-corrected chi connectivity index (χ1v) is 9.12. The molecule has 2 aliphatic carbocycles. The predicted octanol–water partition coefficient (Wildman–Crippen LogP) is 5.49. The molecule has 2 saturated carbocycles. The molecule has 2 fully saturated rings. The average molecular weight is 392 g/mol. The van der Waals surface area contributed by atoms with Crippen molar-refractivity contribution in [1.82, 2.24) is 0 Å². The van der Waals surface area contributed by atoms with Crippen LogP contribution in [0.5, 0.6) is 0 Å². The van der Waals surface area contributed by atoms with Crippen LogP contribution < -0.4 is 0 Å². The van der Waals surface area contributed by atoms with Gasteiger partial charge in [0.25, 0.3) is 0 Å². The third-order valence-electron chi connectivity index (χ3n) is 6.48. The Morgan fingerprint density at radius 2 is 1.81 bits per heavy atom. The lowest BCUT2D eigenvalue weighted by Crippen LogP contribution is -2.45. The van der Waals surface area contributed by atoms with E-state index in [0.717, 1.165) is 0 Å². The minimum Gasteiger partial charge on any atom is -0.181 e. The maximum Gasteiger partial charge on any atom is 0.117 e. The van der Waals surface area contributed by atoms with E-state index in [0.29, 0.717) is 11.8 Å². The summed E-state index contributed by atoms with van der Waals surface area (Å²) in [5, 5.41) is 9.86. The topological polar surface area (TPSA) is 24.7 Å². The molecule has 2 nitrogen and oxygen atoms in total. The van der Waals surface area contributed by atoms with Crippen LogP contribution in [0.4, 0.5) is 0 Å². The van der Waals surface area contributed by atoms with Gasteiger partial charge in [0.15, 0.2) is 0 Å². The number of benzene rings is 1. The van der Waals surface area contributed by atoms with Crippen molar-refractivity contribution in [2.45, 2.75) is 44.2 Å². The molecule has 2 bridgehead atoms. The summed E-state index contributed by atoms with van der Waals surface area (Å²) in [4.78, 5) is 0. The van der Waals surface area contributed by atoms with Crippen LogP contribution >= 0.6 is 22.6 Å². The minimum absolute atomic E-state index is 0.0405. The van der Waals surface area contributed by atoms with E-state index in [1.54, 1.807) is 0 Å². The fourth-order valence-electron chi connectivity index (χ4n) is 5.57. The maximum absolute atomic E-state index is 4.96. The second-order valence-electron chi connectivity index (χ2n) is 7.22. The van der Waals surface area contributed by atoms with Crippen molar-refractivity contribution in [3.8, 4) is 0 Å². The molecule has 0 N–H and O–H groups in total. The summed E-state index contributed by atoms with van der Waals surface area (Å²) in [5.74, 6) is 1.29. The average Bonchev–Trinajstić information content (AvgIpc) is 3.09. The Labute approximate surface area is 140 Å². The third-order valence-corrected chi connectivity index (χ3v) is 6.84. The van der Waals surface area contributed by atoms with Gasteiger partial charge in [-0.3, -0.25) is 0 Å². The number of hydrogen-bond acceptors (Lipinski definition) is 2. The first-order valence-electron chi connectivity index (χ1n) is 7.88. The lowest BCUT2D eigenvalue weighted by molar-refractivity contribution is 0.164. The second kappa shape index (κ2) is 4.40. The summed E-state index contributed by atoms with van der Waals surface area (Å²) < 4.78 is 2.15. The van der Waals surface area contributed by atoms with Gasteiger partial charge in [-0.25, -0.2) is 0 Å². The molecular weight excluding hydrogens is 371 g/mol. The normalized spacial score (nSPS) is 42.8. The number of rotatable bonds is 2. The van der Waals surface area contributed by atoms with Crippen molar-refractivity contribution in [2.75, 3.05) is 0 Å². The molecule has 0 saturated heterocycles. The first kappa shape index (κ1) is 13.9. The van der Waals surface area contributed by atoms with E-state index in [-0.39, 0.29) is 16.5 Å². The molecular formula is C18H21IN2. The molecule has 3 aliphatic rings. The molecule has 1 aromatic carbocycles. The molecule has 0 aromatic heterocycles. The molecule has 0 radical (unpaired) electrons. The maximum atomic E-state index is 4.96. The van der Waals surface area contributed by atoms with Gasteiger partial charge in [-0.05, 0) is 40.4 Å². The van der Waals surface area contributed by atoms with Gasteiger partial charge in [-0.15, -0.1) is 0 Å². The van der Waals surface area contributed by atoms with Crippen LogP contribution in [0.1, 0.15) is 38.7 Å². The molecule has 21 heavy (non-hydrogen) atoms. The van der Waals surface area contributed by atoms with Crippen LogP contribution in [0.15, 0.2) is 50.7 Å². The Bertz CT molecular complexity index is 621. The number of azo groups is 1. The highest BCUT2D eigenvalue weighted by Crippen LogP contribution is 2.74. The van der Waals surface area contributed by atoms with Gasteiger partial charge in [0.2, 0.25) is 0 Å². The highest BCUT2D eigenvalue weighted by molar-refractivity contribution is 14.1. The lowest BCUT2D eigenvalue weighted by atomic mass is 9.63. The standard InChI is InChI=1S/C18H21IN2/c1-16(2)17(11-12-19)14-9-6-10-15(14)18(16,21-20-17)13-7-4-3-5-8-13/h3-5,7-8,11-12,14-15H,6,9-10H2,1-2H3/b12-11+/t14-,15+,17-,18+/m0/s1. The Balaban J connectivity index is 1.98. The molecule has 4 atom stereocenters. The summed E-state index contributed by atoms with van der Waals surface area (Å²) in [6.45, 7) is 4.77. The molecule has 1 heterocycles. The van der Waals surface area contributed by atoms with E-state index in [4.69, 9.17) is 10.2 Å². The van der Waals surface area contributed by atoms with Crippen LogP contribution in [-0.4, -0.2) is 5.54 Å². The summed E-state index contributed by atoms with van der Waals surface area (Å²) in [5.41, 5.74) is 1.16. The van der Waals surface area contributed by atoms with E-state index in [9.17, 15) is 0 Å². The van der Waals surface area contributed by atoms with Gasteiger partial charge < -0.3 is 0 Å². The molecule has 1 aliphatic heterocycles. The van der Waals surface area contributed by atoms with E-state index in [1.165, 1.54) is 24.8 Å². The quantitative estimate of drug-likeness (QED) is 0.595. The summed E-state index contributed by atoms with van der Waals surface area (Å²) in [6.07, 6.45) is 6.24. The van der Waals surface area contributed by atoms with E-state index >= 15 is 0 Å². The highest BCUT2D eigenvalue weighted by atomic mass is 127. The van der Waals surface area contributed by atoms with Crippen LogP contribution in [0.25, 0.3) is 0 Å². The SMILES string of the molecule is CC1(C)[C@@]2(/C=C/I)N=N[C@]1(c1ccccc1)[C@@H]1CCC[C@@H]12. The first-order chi connectivity index (χ1) is 10.1. The fourth-order valence-corrected chi connectivity index (χ4v) is 6.11. The van der Waals surface area contributed by atoms with Crippen LogP contribution in [0.2, 0.25) is 0 Å². The molecule has 0 amide bonds. The number of nitrogens with zero attached hydrogens (tertiary/aromatic N) is 2. The Hall–Kier alpha value is -0.710. The zero-order chi connectivity index (χ0) is 14.7. The van der Waals surface area contributed by atoms with E-state index in [2.05, 4.69) is 76.9 Å². The van der Waals surface area contributed by atoms with Crippen LogP contribution in [-0.2, 0) is 5.54 Å². The highest BCUT2D eigenvalue weighted by Gasteiger charge is 2.76. The van der Waals surface area contributed by atoms with E-state index < -0.39 is 0 Å². The fraction of sp³-hybridized carbons (Fsp3) is 0.556. The van der Waals surface area contributed by atoms with E-state index in [1.807, 2.05) is 0 Å². The van der Waals surface area contributed by atoms with Crippen molar-refractivity contribution < 1.29 is 0 Å². The molecule has 0 unspecified atom stereocenters. The zero-order valence-corrected chi connectivity index (χ0v) is 14.7. The van der Waals surface area contributed by atoms with Gasteiger partial charge in [0.05, 0.1) is 0 Å². The zero-order valence-electron chi connectivity index (χ0n) is 12.6. The third kappa shape index (κ3) is 1.40. The van der Waals surface area contributed by atoms with Crippen molar-refractivity contribution in [3.05, 3.63) is 46.1 Å².